The van der Waals surface area contributed by atoms with Gasteiger partial charge in [-0.2, -0.15) is 0 Å². The third-order valence-corrected chi connectivity index (χ3v) is 4.68. The summed E-state index contributed by atoms with van der Waals surface area (Å²) in [6, 6.07) is 12.4. The number of rotatable bonds is 3. The van der Waals surface area contributed by atoms with E-state index in [4.69, 9.17) is 23.2 Å². The fourth-order valence-electron chi connectivity index (χ4n) is 2.91. The summed E-state index contributed by atoms with van der Waals surface area (Å²) in [7, 11) is 0. The molecule has 1 aliphatic heterocycles. The van der Waals surface area contributed by atoms with Crippen LogP contribution in [0.2, 0.25) is 10.0 Å². The number of nitrogens with one attached hydrogen (secondary N) is 1. The number of piperazine rings is 1. The second kappa shape index (κ2) is 6.97. The van der Waals surface area contributed by atoms with Crippen molar-refractivity contribution in [2.24, 2.45) is 0 Å². The van der Waals surface area contributed by atoms with E-state index in [-0.39, 0.29) is 11.9 Å². The largest absolute Gasteiger partial charge is 0.314 e. The zero-order valence-electron chi connectivity index (χ0n) is 12.0. The monoisotopic (exact) mass is 338 g/mol. The molecular weight excluding hydrogens is 322 g/mol. The lowest BCUT2D eigenvalue weighted by molar-refractivity contribution is 0.198. The Balaban J connectivity index is 2.03. The Bertz CT molecular complexity index is 657. The van der Waals surface area contributed by atoms with Crippen LogP contribution in [-0.4, -0.2) is 31.1 Å². The molecule has 3 rings (SSSR count). The van der Waals surface area contributed by atoms with Crippen LogP contribution in [0.15, 0.2) is 42.5 Å². The number of nitrogens with zero attached hydrogens (tertiary/aromatic N) is 1. The van der Waals surface area contributed by atoms with Crippen molar-refractivity contribution in [1.29, 1.82) is 0 Å². The molecule has 0 aromatic heterocycles. The molecule has 2 nitrogen and oxygen atoms in total. The predicted molar refractivity (Wildman–Crippen MR) is 89.1 cm³/mol. The van der Waals surface area contributed by atoms with Crippen molar-refractivity contribution in [3.05, 3.63) is 69.5 Å². The van der Waals surface area contributed by atoms with Gasteiger partial charge in [0.05, 0.1) is 16.1 Å². The highest BCUT2D eigenvalue weighted by molar-refractivity contribution is 6.42. The van der Waals surface area contributed by atoms with E-state index < -0.39 is 0 Å². The maximum absolute atomic E-state index is 13.7. The van der Waals surface area contributed by atoms with Crippen molar-refractivity contribution >= 4 is 23.2 Å². The number of halogens is 3. The molecule has 0 aliphatic carbocycles. The molecule has 1 atom stereocenters. The molecule has 0 amide bonds. The first-order valence-electron chi connectivity index (χ1n) is 7.30. The normalized spacial score (nSPS) is 17.4. The van der Waals surface area contributed by atoms with Crippen LogP contribution in [0.25, 0.3) is 0 Å². The molecule has 1 unspecified atom stereocenters. The van der Waals surface area contributed by atoms with Crippen LogP contribution < -0.4 is 5.32 Å². The predicted octanol–water partition coefficient (Wildman–Crippen LogP) is 4.13. The van der Waals surface area contributed by atoms with E-state index >= 15 is 0 Å². The highest BCUT2D eigenvalue weighted by Gasteiger charge is 2.24. The van der Waals surface area contributed by atoms with Crippen molar-refractivity contribution in [2.75, 3.05) is 26.2 Å². The molecule has 0 spiro atoms. The smallest absolute Gasteiger partial charge is 0.123 e. The van der Waals surface area contributed by atoms with Gasteiger partial charge in [-0.3, -0.25) is 4.90 Å². The minimum atomic E-state index is -0.224. The average Bonchev–Trinajstić information content (AvgIpc) is 2.52. The minimum Gasteiger partial charge on any atom is -0.314 e. The van der Waals surface area contributed by atoms with Gasteiger partial charge in [-0.25, -0.2) is 4.39 Å². The molecule has 2 aromatic rings. The molecule has 1 aliphatic rings. The Morgan fingerprint density at radius 1 is 0.955 bits per heavy atom. The fourth-order valence-corrected chi connectivity index (χ4v) is 3.22. The molecule has 116 valence electrons. The number of hydrogen-bond acceptors (Lipinski definition) is 2. The first-order chi connectivity index (χ1) is 10.6. The van der Waals surface area contributed by atoms with Crippen molar-refractivity contribution in [3.63, 3.8) is 0 Å². The Morgan fingerprint density at radius 3 is 2.36 bits per heavy atom. The van der Waals surface area contributed by atoms with E-state index in [0.717, 1.165) is 37.3 Å². The van der Waals surface area contributed by atoms with Gasteiger partial charge < -0.3 is 5.32 Å². The van der Waals surface area contributed by atoms with E-state index in [9.17, 15) is 4.39 Å². The van der Waals surface area contributed by atoms with Gasteiger partial charge in [-0.05, 0) is 35.4 Å². The Labute approximate surface area is 139 Å². The summed E-state index contributed by atoms with van der Waals surface area (Å²) < 4.78 is 13.7. The van der Waals surface area contributed by atoms with Gasteiger partial charge in [0.25, 0.3) is 0 Å². The highest BCUT2D eigenvalue weighted by atomic mass is 35.5. The minimum absolute atomic E-state index is 0.0208. The van der Waals surface area contributed by atoms with Gasteiger partial charge in [0.2, 0.25) is 0 Å². The average molecular weight is 339 g/mol. The summed E-state index contributed by atoms with van der Waals surface area (Å²) in [5.41, 5.74) is 1.96. The topological polar surface area (TPSA) is 15.3 Å². The maximum atomic E-state index is 13.7. The van der Waals surface area contributed by atoms with E-state index in [1.807, 2.05) is 18.2 Å². The summed E-state index contributed by atoms with van der Waals surface area (Å²) in [6.07, 6.45) is 0. The molecule has 0 saturated carbocycles. The van der Waals surface area contributed by atoms with E-state index in [0.29, 0.717) is 10.0 Å². The van der Waals surface area contributed by atoms with Gasteiger partial charge in [0, 0.05) is 26.2 Å². The quantitative estimate of drug-likeness (QED) is 0.905. The SMILES string of the molecule is Fc1cccc(C(c2ccc(Cl)c(Cl)c2)N2CCNCC2)c1. The lowest BCUT2D eigenvalue weighted by Crippen LogP contribution is -2.45. The first kappa shape index (κ1) is 15.8. The summed E-state index contributed by atoms with van der Waals surface area (Å²) in [4.78, 5) is 2.34. The molecule has 0 radical (unpaired) electrons. The van der Waals surface area contributed by atoms with Crippen LogP contribution >= 0.6 is 23.2 Å². The van der Waals surface area contributed by atoms with Crippen LogP contribution in [0, 0.1) is 5.82 Å². The second-order valence-electron chi connectivity index (χ2n) is 5.42. The molecule has 2 aromatic carbocycles. The number of hydrogen-bond donors (Lipinski definition) is 1. The third-order valence-electron chi connectivity index (χ3n) is 3.94. The molecule has 1 fully saturated rings. The van der Waals surface area contributed by atoms with Gasteiger partial charge in [-0.1, -0.05) is 41.4 Å². The highest BCUT2D eigenvalue weighted by Crippen LogP contribution is 2.33. The summed E-state index contributed by atoms with van der Waals surface area (Å²) in [6.45, 7) is 3.66. The molecule has 1 saturated heterocycles. The molecule has 22 heavy (non-hydrogen) atoms. The van der Waals surface area contributed by atoms with Crippen molar-refractivity contribution in [1.82, 2.24) is 10.2 Å². The fraction of sp³-hybridized carbons (Fsp3) is 0.294. The summed E-state index contributed by atoms with van der Waals surface area (Å²) in [5, 5.41) is 4.40. The standard InChI is InChI=1S/C17H17Cl2FN2/c18-15-5-4-13(11-16(15)19)17(22-8-6-21-7-9-22)12-2-1-3-14(20)10-12/h1-5,10-11,17,21H,6-9H2. The zero-order valence-corrected chi connectivity index (χ0v) is 13.5. The molecule has 0 bridgehead atoms. The second-order valence-corrected chi connectivity index (χ2v) is 6.23. The lowest BCUT2D eigenvalue weighted by Gasteiger charge is -2.35. The van der Waals surface area contributed by atoms with E-state index in [2.05, 4.69) is 10.2 Å². The molecule has 5 heteroatoms. The lowest BCUT2D eigenvalue weighted by atomic mass is 9.96. The van der Waals surface area contributed by atoms with Crippen molar-refractivity contribution in [3.8, 4) is 0 Å². The Kier molecular flexibility index (Phi) is 4.99. The van der Waals surface area contributed by atoms with Crippen LogP contribution in [0.4, 0.5) is 4.39 Å². The van der Waals surface area contributed by atoms with Crippen LogP contribution in [0.3, 0.4) is 0 Å². The van der Waals surface area contributed by atoms with Crippen LogP contribution in [0.5, 0.6) is 0 Å². The number of benzene rings is 2. The molecule has 1 heterocycles. The molecule has 1 N–H and O–H groups in total. The van der Waals surface area contributed by atoms with Gasteiger partial charge in [-0.15, -0.1) is 0 Å². The van der Waals surface area contributed by atoms with E-state index in [1.165, 1.54) is 6.07 Å². The van der Waals surface area contributed by atoms with Gasteiger partial charge in [0.15, 0.2) is 0 Å². The van der Waals surface area contributed by atoms with E-state index in [1.54, 1.807) is 18.2 Å². The van der Waals surface area contributed by atoms with Crippen molar-refractivity contribution in [2.45, 2.75) is 6.04 Å². The third kappa shape index (κ3) is 3.44. The van der Waals surface area contributed by atoms with Gasteiger partial charge in [0.1, 0.15) is 5.82 Å². The zero-order chi connectivity index (χ0) is 15.5. The summed E-state index contributed by atoms with van der Waals surface area (Å²) in [5.74, 6) is -0.224. The first-order valence-corrected chi connectivity index (χ1v) is 8.06. The van der Waals surface area contributed by atoms with Crippen LogP contribution in [0.1, 0.15) is 17.2 Å². The van der Waals surface area contributed by atoms with Gasteiger partial charge >= 0.3 is 0 Å². The Morgan fingerprint density at radius 2 is 1.68 bits per heavy atom. The maximum Gasteiger partial charge on any atom is 0.123 e. The van der Waals surface area contributed by atoms with Crippen molar-refractivity contribution < 1.29 is 4.39 Å². The van der Waals surface area contributed by atoms with Crippen LogP contribution in [-0.2, 0) is 0 Å². The molecular formula is C17H17Cl2FN2. The summed E-state index contributed by atoms with van der Waals surface area (Å²) >= 11 is 12.2. The Hall–Kier alpha value is -1.13.